The van der Waals surface area contributed by atoms with Crippen LogP contribution in [0.15, 0.2) is 12.2 Å². The summed E-state index contributed by atoms with van der Waals surface area (Å²) in [4.78, 5) is 22.0. The Hall–Kier alpha value is -0.970. The van der Waals surface area contributed by atoms with Crippen molar-refractivity contribution in [3.8, 4) is 0 Å². The van der Waals surface area contributed by atoms with E-state index >= 15 is 0 Å². The average Bonchev–Trinajstić information content (AvgIpc) is 2.25. The largest absolute Gasteiger partial charge is 0.466 e. The van der Waals surface area contributed by atoms with E-state index in [-0.39, 0.29) is 19.2 Å². The molecule has 0 atom stereocenters. The summed E-state index contributed by atoms with van der Waals surface area (Å²) in [7, 11) is 0. The molecule has 0 aromatic carbocycles. The molecule has 92 valence electrons. The van der Waals surface area contributed by atoms with Gasteiger partial charge in [-0.2, -0.15) is 12.6 Å². The van der Waals surface area contributed by atoms with Crippen molar-refractivity contribution in [2.24, 2.45) is 0 Å². The van der Waals surface area contributed by atoms with Crippen molar-refractivity contribution in [1.82, 2.24) is 0 Å². The van der Waals surface area contributed by atoms with Gasteiger partial charge in [0.25, 0.3) is 0 Å². The predicted octanol–water partition coefficient (Wildman–Crippen LogP) is 1.75. The van der Waals surface area contributed by atoms with Gasteiger partial charge in [-0.3, -0.25) is 4.79 Å². The Kier molecular flexibility index (Phi) is 8.71. The number of rotatable bonds is 8. The standard InChI is InChI=1S/C11H18O4S/c1-9(2)11(13)15-7-4-6-14-10(12)5-3-8-16/h16H,1,3-8H2,2H3. The van der Waals surface area contributed by atoms with E-state index in [1.807, 2.05) is 0 Å². The molecule has 4 nitrogen and oxygen atoms in total. The molecule has 0 rings (SSSR count). The van der Waals surface area contributed by atoms with Crippen LogP contribution in [0.4, 0.5) is 0 Å². The van der Waals surface area contributed by atoms with Crippen LogP contribution in [0.5, 0.6) is 0 Å². The zero-order valence-electron chi connectivity index (χ0n) is 9.53. The van der Waals surface area contributed by atoms with Gasteiger partial charge in [-0.05, 0) is 19.1 Å². The maximum Gasteiger partial charge on any atom is 0.333 e. The summed E-state index contributed by atoms with van der Waals surface area (Å²) in [6.45, 7) is 5.55. The van der Waals surface area contributed by atoms with Crippen LogP contribution in [0.25, 0.3) is 0 Å². The lowest BCUT2D eigenvalue weighted by atomic mass is 10.3. The minimum Gasteiger partial charge on any atom is -0.466 e. The van der Waals surface area contributed by atoms with Crippen LogP contribution >= 0.6 is 12.6 Å². The van der Waals surface area contributed by atoms with Crippen LogP contribution in [-0.2, 0) is 19.1 Å². The highest BCUT2D eigenvalue weighted by atomic mass is 32.1. The summed E-state index contributed by atoms with van der Waals surface area (Å²) < 4.78 is 9.72. The Morgan fingerprint density at radius 2 is 1.81 bits per heavy atom. The Morgan fingerprint density at radius 3 is 2.38 bits per heavy atom. The molecule has 0 fully saturated rings. The van der Waals surface area contributed by atoms with Gasteiger partial charge in [0, 0.05) is 18.4 Å². The number of thiol groups is 1. The smallest absolute Gasteiger partial charge is 0.333 e. The molecular weight excluding hydrogens is 228 g/mol. The van der Waals surface area contributed by atoms with E-state index in [1.165, 1.54) is 0 Å². The fraction of sp³-hybridized carbons (Fsp3) is 0.636. The molecule has 0 unspecified atom stereocenters. The van der Waals surface area contributed by atoms with E-state index in [4.69, 9.17) is 9.47 Å². The van der Waals surface area contributed by atoms with Gasteiger partial charge >= 0.3 is 11.9 Å². The molecule has 0 aliphatic carbocycles. The molecule has 0 saturated carbocycles. The fourth-order valence-electron chi connectivity index (χ4n) is 0.829. The van der Waals surface area contributed by atoms with Crippen molar-refractivity contribution in [2.75, 3.05) is 19.0 Å². The average molecular weight is 246 g/mol. The van der Waals surface area contributed by atoms with Crippen LogP contribution < -0.4 is 0 Å². The Morgan fingerprint density at radius 1 is 1.19 bits per heavy atom. The molecule has 16 heavy (non-hydrogen) atoms. The number of carbonyl (C=O) groups is 2. The Labute approximate surface area is 101 Å². The molecule has 0 aromatic rings. The van der Waals surface area contributed by atoms with E-state index in [0.29, 0.717) is 30.6 Å². The third kappa shape index (κ3) is 8.35. The predicted molar refractivity (Wildman–Crippen MR) is 64.4 cm³/mol. The second-order valence-corrected chi connectivity index (χ2v) is 3.76. The second-order valence-electron chi connectivity index (χ2n) is 3.32. The monoisotopic (exact) mass is 246 g/mol. The summed E-state index contributed by atoms with van der Waals surface area (Å²) in [5, 5.41) is 0. The van der Waals surface area contributed by atoms with Crippen molar-refractivity contribution in [3.05, 3.63) is 12.2 Å². The van der Waals surface area contributed by atoms with Crippen molar-refractivity contribution >= 4 is 24.6 Å². The minimum atomic E-state index is -0.415. The van der Waals surface area contributed by atoms with Gasteiger partial charge in [-0.15, -0.1) is 0 Å². The van der Waals surface area contributed by atoms with Gasteiger partial charge in [0.15, 0.2) is 0 Å². The van der Waals surface area contributed by atoms with E-state index < -0.39 is 5.97 Å². The highest BCUT2D eigenvalue weighted by Crippen LogP contribution is 1.97. The summed E-state index contributed by atoms with van der Waals surface area (Å²) >= 11 is 3.99. The van der Waals surface area contributed by atoms with Gasteiger partial charge in [-0.25, -0.2) is 4.79 Å². The van der Waals surface area contributed by atoms with Gasteiger partial charge < -0.3 is 9.47 Å². The number of ether oxygens (including phenoxy) is 2. The zero-order chi connectivity index (χ0) is 12.4. The SMILES string of the molecule is C=C(C)C(=O)OCCCOC(=O)CCCS. The van der Waals surface area contributed by atoms with Gasteiger partial charge in [-0.1, -0.05) is 6.58 Å². The van der Waals surface area contributed by atoms with Crippen molar-refractivity contribution < 1.29 is 19.1 Å². The first kappa shape index (κ1) is 15.0. The minimum absolute atomic E-state index is 0.236. The Bertz CT molecular complexity index is 250. The van der Waals surface area contributed by atoms with Crippen LogP contribution in [0.3, 0.4) is 0 Å². The zero-order valence-corrected chi connectivity index (χ0v) is 10.4. The highest BCUT2D eigenvalue weighted by molar-refractivity contribution is 7.80. The molecule has 0 amide bonds. The molecule has 0 spiro atoms. The van der Waals surface area contributed by atoms with Crippen molar-refractivity contribution in [2.45, 2.75) is 26.2 Å². The van der Waals surface area contributed by atoms with Gasteiger partial charge in [0.1, 0.15) is 0 Å². The molecule has 5 heteroatoms. The summed E-state index contributed by atoms with van der Waals surface area (Å²) in [6.07, 6.45) is 1.60. The number of hydrogen-bond acceptors (Lipinski definition) is 5. The van der Waals surface area contributed by atoms with Crippen LogP contribution in [-0.4, -0.2) is 30.9 Å². The van der Waals surface area contributed by atoms with Crippen molar-refractivity contribution in [3.63, 3.8) is 0 Å². The molecule has 0 N–H and O–H groups in total. The Balaban J connectivity index is 3.36. The summed E-state index contributed by atoms with van der Waals surface area (Å²) in [5.41, 5.74) is 0.366. The lowest BCUT2D eigenvalue weighted by molar-refractivity contribution is -0.144. The topological polar surface area (TPSA) is 52.6 Å². The quantitative estimate of drug-likeness (QED) is 0.307. The lowest BCUT2D eigenvalue weighted by Gasteiger charge is -2.05. The summed E-state index contributed by atoms with van der Waals surface area (Å²) in [6, 6.07) is 0. The van der Waals surface area contributed by atoms with Crippen LogP contribution in [0.2, 0.25) is 0 Å². The molecule has 0 saturated heterocycles. The van der Waals surface area contributed by atoms with E-state index in [0.717, 1.165) is 0 Å². The fourth-order valence-corrected chi connectivity index (χ4v) is 0.987. The van der Waals surface area contributed by atoms with Gasteiger partial charge in [0.05, 0.1) is 13.2 Å². The normalized spacial score (nSPS) is 9.62. The van der Waals surface area contributed by atoms with Crippen LogP contribution in [0.1, 0.15) is 26.2 Å². The molecule has 0 aliphatic rings. The molecule has 0 bridgehead atoms. The summed E-state index contributed by atoms with van der Waals surface area (Å²) in [5.74, 6) is 0.0207. The van der Waals surface area contributed by atoms with Crippen molar-refractivity contribution in [1.29, 1.82) is 0 Å². The number of carbonyl (C=O) groups excluding carboxylic acids is 2. The number of esters is 2. The molecular formula is C11H18O4S. The maximum absolute atomic E-state index is 11.0. The highest BCUT2D eigenvalue weighted by Gasteiger charge is 2.04. The molecule has 0 heterocycles. The van der Waals surface area contributed by atoms with E-state index in [2.05, 4.69) is 19.2 Å². The maximum atomic E-state index is 11.0. The third-order valence-corrected chi connectivity index (χ3v) is 1.99. The molecule has 0 aliphatic heterocycles. The number of hydrogen-bond donors (Lipinski definition) is 1. The second kappa shape index (κ2) is 9.27. The third-order valence-electron chi connectivity index (χ3n) is 1.67. The first-order valence-corrected chi connectivity index (χ1v) is 5.80. The first-order chi connectivity index (χ1) is 7.57. The molecule has 0 aromatic heterocycles. The first-order valence-electron chi connectivity index (χ1n) is 5.17. The van der Waals surface area contributed by atoms with E-state index in [1.54, 1.807) is 6.92 Å². The molecule has 0 radical (unpaired) electrons. The van der Waals surface area contributed by atoms with Crippen LogP contribution in [0, 0.1) is 0 Å². The van der Waals surface area contributed by atoms with Gasteiger partial charge in [0.2, 0.25) is 0 Å². The van der Waals surface area contributed by atoms with E-state index in [9.17, 15) is 9.59 Å². The lowest BCUT2D eigenvalue weighted by Crippen LogP contribution is -2.11.